The molecule has 140 valence electrons. The first-order valence-electron chi connectivity index (χ1n) is 8.59. The van der Waals surface area contributed by atoms with E-state index >= 15 is 0 Å². The molecule has 0 aromatic rings. The molecule has 8 heteroatoms. The van der Waals surface area contributed by atoms with Gasteiger partial charge in [0.25, 0.3) is 0 Å². The zero-order valence-corrected chi connectivity index (χ0v) is 14.5. The molecule has 4 saturated heterocycles. The highest BCUT2D eigenvalue weighted by Gasteiger charge is 2.57. The Kier molecular flexibility index (Phi) is 5.78. The van der Waals surface area contributed by atoms with Gasteiger partial charge in [-0.05, 0) is 12.8 Å². The summed E-state index contributed by atoms with van der Waals surface area (Å²) in [6, 6.07) is 0. The predicted molar refractivity (Wildman–Crippen MR) is 81.3 cm³/mol. The number of epoxide rings is 2. The van der Waals surface area contributed by atoms with Crippen LogP contribution in [-0.4, -0.2) is 85.8 Å². The molecule has 0 aromatic heterocycles. The number of fused-ring (bicyclic) bond motifs is 2. The topological polar surface area (TPSA) is 102 Å². The van der Waals surface area contributed by atoms with Crippen molar-refractivity contribution in [2.24, 2.45) is 0 Å². The summed E-state index contributed by atoms with van der Waals surface area (Å²) in [6.45, 7) is 4.01. The van der Waals surface area contributed by atoms with E-state index in [1.807, 2.05) is 13.8 Å². The van der Waals surface area contributed by atoms with E-state index in [0.29, 0.717) is 0 Å². The van der Waals surface area contributed by atoms with E-state index < -0.39 is 18.5 Å². The minimum absolute atomic E-state index is 0.0483. The first kappa shape index (κ1) is 18.5. The van der Waals surface area contributed by atoms with Crippen molar-refractivity contribution >= 4 is 0 Å². The fraction of sp³-hybridized carbons (Fsp3) is 1.00. The molecule has 0 radical (unpaired) electrons. The number of hydrogen-bond donors (Lipinski definition) is 2. The summed E-state index contributed by atoms with van der Waals surface area (Å²) in [5, 5.41) is 19.1. The van der Waals surface area contributed by atoms with Crippen LogP contribution in [0.5, 0.6) is 0 Å². The third-order valence-corrected chi connectivity index (χ3v) is 4.98. The lowest BCUT2D eigenvalue weighted by Gasteiger charge is -2.29. The van der Waals surface area contributed by atoms with E-state index in [-0.39, 0.29) is 42.9 Å². The van der Waals surface area contributed by atoms with Crippen molar-refractivity contribution in [3.63, 3.8) is 0 Å². The molecule has 10 atom stereocenters. The van der Waals surface area contributed by atoms with Crippen LogP contribution >= 0.6 is 0 Å². The summed E-state index contributed by atoms with van der Waals surface area (Å²) >= 11 is 0. The molecular weight excluding hydrogens is 320 g/mol. The number of aliphatic hydroxyl groups excluding tert-OH is 2. The highest BCUT2D eigenvalue weighted by atomic mass is 16.7. The van der Waals surface area contributed by atoms with Crippen molar-refractivity contribution in [3.05, 3.63) is 0 Å². The highest BCUT2D eigenvalue weighted by Crippen LogP contribution is 2.39. The smallest absolute Gasteiger partial charge is 0.186 e. The number of methoxy groups -OCH3 is 2. The van der Waals surface area contributed by atoms with Crippen molar-refractivity contribution < 1.29 is 38.6 Å². The Balaban J connectivity index is 0.000000141. The Labute approximate surface area is 141 Å². The number of hydrogen-bond acceptors (Lipinski definition) is 8. The second kappa shape index (κ2) is 7.51. The van der Waals surface area contributed by atoms with Crippen molar-refractivity contribution in [2.45, 2.75) is 88.1 Å². The highest BCUT2D eigenvalue weighted by molar-refractivity contribution is 5.01. The maximum absolute atomic E-state index is 9.59. The molecule has 0 aromatic carbocycles. The minimum Gasteiger partial charge on any atom is -0.388 e. The molecule has 4 aliphatic rings. The summed E-state index contributed by atoms with van der Waals surface area (Å²) in [5.74, 6) is 0. The fourth-order valence-electron chi connectivity index (χ4n) is 3.42. The van der Waals surface area contributed by atoms with Crippen LogP contribution < -0.4 is 0 Å². The van der Waals surface area contributed by atoms with E-state index in [2.05, 4.69) is 0 Å². The molecule has 24 heavy (non-hydrogen) atoms. The molecule has 0 spiro atoms. The van der Waals surface area contributed by atoms with Gasteiger partial charge in [0.2, 0.25) is 0 Å². The normalized spacial score (nSPS) is 51.8. The first-order chi connectivity index (χ1) is 11.5. The molecular formula is C16H28O8. The lowest BCUT2D eigenvalue weighted by molar-refractivity contribution is -0.218. The van der Waals surface area contributed by atoms with Gasteiger partial charge in [0, 0.05) is 14.2 Å². The van der Waals surface area contributed by atoms with Crippen LogP contribution in [-0.2, 0) is 28.4 Å². The van der Waals surface area contributed by atoms with E-state index in [9.17, 15) is 10.2 Å². The average Bonchev–Trinajstić information content (AvgIpc) is 3.48. The molecule has 8 unspecified atom stereocenters. The molecule has 2 N–H and O–H groups in total. The number of rotatable bonds is 4. The second-order valence-corrected chi connectivity index (χ2v) is 6.49. The summed E-state index contributed by atoms with van der Waals surface area (Å²) in [5.41, 5.74) is 0. The second-order valence-electron chi connectivity index (χ2n) is 6.49. The van der Waals surface area contributed by atoms with E-state index in [0.717, 1.165) is 12.8 Å². The zero-order valence-electron chi connectivity index (χ0n) is 14.5. The number of ether oxygens (including phenoxy) is 6. The quantitative estimate of drug-likeness (QED) is 0.673. The zero-order chi connectivity index (χ0) is 17.4. The van der Waals surface area contributed by atoms with Gasteiger partial charge in [-0.2, -0.15) is 0 Å². The average molecular weight is 348 g/mol. The van der Waals surface area contributed by atoms with Crippen LogP contribution in [0.3, 0.4) is 0 Å². The molecule has 8 nitrogen and oxygen atoms in total. The standard InChI is InChI=1S/2C8H14O4/c1-3-4-6-7(12-6)5(9)8(10-2)11-4;1-3-4-5(9)6-7(12-6)8(10-2)11-4/h2*4-9H,3H2,1-2H3/t2*4-,5?,6?,7?,8?/m11/s1. The number of aliphatic hydroxyl groups is 2. The minimum atomic E-state index is -0.622. The molecule has 0 amide bonds. The van der Waals surface area contributed by atoms with Gasteiger partial charge in [0.15, 0.2) is 12.6 Å². The van der Waals surface area contributed by atoms with Crippen LogP contribution in [0.15, 0.2) is 0 Å². The van der Waals surface area contributed by atoms with Gasteiger partial charge in [-0.25, -0.2) is 0 Å². The Hall–Kier alpha value is -0.320. The summed E-state index contributed by atoms with van der Waals surface area (Å²) in [6.07, 6.45) is -0.355. The van der Waals surface area contributed by atoms with Crippen LogP contribution in [0.25, 0.3) is 0 Å². The van der Waals surface area contributed by atoms with Crippen LogP contribution in [0, 0.1) is 0 Å². The molecule has 0 aliphatic carbocycles. The van der Waals surface area contributed by atoms with Gasteiger partial charge >= 0.3 is 0 Å². The summed E-state index contributed by atoms with van der Waals surface area (Å²) in [4.78, 5) is 0. The maximum Gasteiger partial charge on any atom is 0.186 e. The van der Waals surface area contributed by atoms with Crippen molar-refractivity contribution in [3.8, 4) is 0 Å². The SMILES string of the molecule is CC[C@H]1OC(OC)C(O)C2OC21.CC[C@H]1OC(OC)C2OC2C1O. The molecule has 4 aliphatic heterocycles. The third-order valence-electron chi connectivity index (χ3n) is 4.98. The Morgan fingerprint density at radius 3 is 1.79 bits per heavy atom. The van der Waals surface area contributed by atoms with Gasteiger partial charge in [0.05, 0.1) is 12.2 Å². The molecule has 4 rings (SSSR count). The van der Waals surface area contributed by atoms with E-state index in [4.69, 9.17) is 28.4 Å². The van der Waals surface area contributed by atoms with Gasteiger partial charge < -0.3 is 38.6 Å². The van der Waals surface area contributed by atoms with E-state index in [1.165, 1.54) is 7.11 Å². The molecule has 4 heterocycles. The van der Waals surface area contributed by atoms with Crippen molar-refractivity contribution in [1.82, 2.24) is 0 Å². The van der Waals surface area contributed by atoms with Crippen LogP contribution in [0.2, 0.25) is 0 Å². The lowest BCUT2D eigenvalue weighted by atomic mass is 10.0. The molecule has 0 saturated carbocycles. The van der Waals surface area contributed by atoms with Gasteiger partial charge in [-0.3, -0.25) is 0 Å². The van der Waals surface area contributed by atoms with E-state index in [1.54, 1.807) is 7.11 Å². The fourth-order valence-corrected chi connectivity index (χ4v) is 3.42. The summed E-state index contributed by atoms with van der Waals surface area (Å²) in [7, 11) is 3.12. The Bertz CT molecular complexity index is 383. The van der Waals surface area contributed by atoms with Crippen LogP contribution in [0.4, 0.5) is 0 Å². The molecule has 0 bridgehead atoms. The maximum atomic E-state index is 9.59. The Morgan fingerprint density at radius 2 is 1.21 bits per heavy atom. The van der Waals surface area contributed by atoms with Crippen LogP contribution in [0.1, 0.15) is 26.7 Å². The summed E-state index contributed by atoms with van der Waals surface area (Å²) < 4.78 is 31.5. The molecule has 4 fully saturated rings. The van der Waals surface area contributed by atoms with Gasteiger partial charge in [-0.1, -0.05) is 13.8 Å². The largest absolute Gasteiger partial charge is 0.388 e. The predicted octanol–water partition coefficient (Wildman–Crippen LogP) is -0.208. The monoisotopic (exact) mass is 348 g/mol. The third kappa shape index (κ3) is 3.47. The first-order valence-corrected chi connectivity index (χ1v) is 8.59. The van der Waals surface area contributed by atoms with Crippen molar-refractivity contribution in [1.29, 1.82) is 0 Å². The van der Waals surface area contributed by atoms with Crippen molar-refractivity contribution in [2.75, 3.05) is 14.2 Å². The lowest BCUT2D eigenvalue weighted by Crippen LogP contribution is -2.45. The van der Waals surface area contributed by atoms with Gasteiger partial charge in [-0.15, -0.1) is 0 Å². The van der Waals surface area contributed by atoms with Gasteiger partial charge in [0.1, 0.15) is 36.6 Å². The Morgan fingerprint density at radius 1 is 0.667 bits per heavy atom.